The van der Waals surface area contributed by atoms with Gasteiger partial charge in [0.2, 0.25) is 5.91 Å². The van der Waals surface area contributed by atoms with E-state index in [9.17, 15) is 4.79 Å². The fourth-order valence-corrected chi connectivity index (χ4v) is 2.84. The molecule has 1 amide bonds. The molecular weight excluding hydrogens is 308 g/mol. The van der Waals surface area contributed by atoms with Gasteiger partial charge in [0.1, 0.15) is 0 Å². The molecule has 0 spiro atoms. The molecule has 2 rings (SSSR count). The van der Waals surface area contributed by atoms with Gasteiger partial charge in [-0.25, -0.2) is 9.66 Å². The summed E-state index contributed by atoms with van der Waals surface area (Å²) in [7, 11) is 0. The minimum absolute atomic E-state index is 0.000869. The highest BCUT2D eigenvalue weighted by molar-refractivity contribution is 7.99. The van der Waals surface area contributed by atoms with Gasteiger partial charge in [-0.3, -0.25) is 4.79 Å². The zero-order valence-corrected chi connectivity index (χ0v) is 13.7. The second-order valence-corrected chi connectivity index (χ2v) is 5.79. The van der Waals surface area contributed by atoms with Crippen molar-refractivity contribution >= 4 is 17.7 Å². The van der Waals surface area contributed by atoms with Crippen molar-refractivity contribution in [2.45, 2.75) is 5.16 Å². The molecule has 2 N–H and O–H groups in total. The fourth-order valence-electron chi connectivity index (χ4n) is 2.04. The first-order valence-electron chi connectivity index (χ1n) is 7.18. The highest BCUT2D eigenvalue weighted by atomic mass is 32.2. The van der Waals surface area contributed by atoms with Gasteiger partial charge in [0.25, 0.3) is 0 Å². The number of thioether (sulfide) groups is 1. The van der Waals surface area contributed by atoms with Gasteiger partial charge in [0.05, 0.1) is 17.6 Å². The van der Waals surface area contributed by atoms with E-state index in [4.69, 9.17) is 5.84 Å². The van der Waals surface area contributed by atoms with Gasteiger partial charge in [-0.15, -0.1) is 13.2 Å². The Morgan fingerprint density at radius 2 is 1.91 bits per heavy atom. The predicted molar refractivity (Wildman–Crippen MR) is 95.5 cm³/mol. The molecule has 1 aromatic carbocycles. The number of nitrogen functional groups attached to an aromatic ring is 1. The summed E-state index contributed by atoms with van der Waals surface area (Å²) in [6, 6.07) is 9.79. The molecule has 0 radical (unpaired) electrons. The van der Waals surface area contributed by atoms with E-state index in [1.165, 1.54) is 16.4 Å². The minimum Gasteiger partial charge on any atom is -0.337 e. The number of nitrogens with zero attached hydrogens (tertiary/aromatic N) is 3. The van der Waals surface area contributed by atoms with E-state index < -0.39 is 0 Å². The van der Waals surface area contributed by atoms with E-state index in [2.05, 4.69) is 18.1 Å². The molecule has 23 heavy (non-hydrogen) atoms. The Balaban J connectivity index is 2.03. The number of benzene rings is 1. The largest absolute Gasteiger partial charge is 0.337 e. The zero-order chi connectivity index (χ0) is 16.7. The summed E-state index contributed by atoms with van der Waals surface area (Å²) in [5.74, 6) is 6.20. The van der Waals surface area contributed by atoms with Crippen LogP contribution in [0.1, 0.15) is 0 Å². The van der Waals surface area contributed by atoms with Crippen molar-refractivity contribution in [3.63, 3.8) is 0 Å². The molecule has 0 atom stereocenters. The lowest BCUT2D eigenvalue weighted by Gasteiger charge is -2.18. The minimum atomic E-state index is -0.000869. The molecule has 0 bridgehead atoms. The van der Waals surface area contributed by atoms with Crippen molar-refractivity contribution in [1.29, 1.82) is 0 Å². The Labute approximate surface area is 140 Å². The topological polar surface area (TPSA) is 64.2 Å². The molecule has 0 aliphatic carbocycles. The first-order valence-corrected chi connectivity index (χ1v) is 8.16. The molecule has 6 heteroatoms. The van der Waals surface area contributed by atoms with Crippen LogP contribution in [0.4, 0.5) is 0 Å². The van der Waals surface area contributed by atoms with Crippen molar-refractivity contribution in [1.82, 2.24) is 14.6 Å². The maximum absolute atomic E-state index is 12.2. The Bertz CT molecular complexity index is 671. The van der Waals surface area contributed by atoms with E-state index in [1.807, 2.05) is 30.3 Å². The van der Waals surface area contributed by atoms with E-state index >= 15 is 0 Å². The van der Waals surface area contributed by atoms with Crippen LogP contribution in [-0.2, 0) is 4.79 Å². The van der Waals surface area contributed by atoms with Crippen molar-refractivity contribution in [3.05, 3.63) is 61.8 Å². The molecule has 5 nitrogen and oxygen atoms in total. The highest BCUT2D eigenvalue weighted by Gasteiger charge is 2.14. The van der Waals surface area contributed by atoms with Crippen LogP contribution in [0.25, 0.3) is 11.3 Å². The average molecular weight is 328 g/mol. The van der Waals surface area contributed by atoms with Gasteiger partial charge in [-0.05, 0) is 0 Å². The van der Waals surface area contributed by atoms with Crippen LogP contribution in [0.5, 0.6) is 0 Å². The summed E-state index contributed by atoms with van der Waals surface area (Å²) in [4.78, 5) is 18.4. The Morgan fingerprint density at radius 3 is 2.52 bits per heavy atom. The number of hydrogen-bond donors (Lipinski definition) is 1. The lowest BCUT2D eigenvalue weighted by molar-refractivity contribution is -0.127. The van der Waals surface area contributed by atoms with Crippen molar-refractivity contribution in [2.75, 3.05) is 24.7 Å². The first kappa shape index (κ1) is 16.9. The summed E-state index contributed by atoms with van der Waals surface area (Å²) >= 11 is 1.32. The Hall–Kier alpha value is -2.47. The Morgan fingerprint density at radius 1 is 1.26 bits per heavy atom. The highest BCUT2D eigenvalue weighted by Crippen LogP contribution is 2.22. The molecule has 0 saturated heterocycles. The quantitative estimate of drug-likeness (QED) is 0.459. The van der Waals surface area contributed by atoms with Crippen molar-refractivity contribution < 1.29 is 4.79 Å². The third kappa shape index (κ3) is 4.50. The number of imidazole rings is 1. The van der Waals surface area contributed by atoms with Crippen LogP contribution in [-0.4, -0.2) is 39.3 Å². The second kappa shape index (κ2) is 8.24. The maximum Gasteiger partial charge on any atom is 0.233 e. The number of nitrogens with two attached hydrogens (primary N) is 1. The number of amides is 1. The Kier molecular flexibility index (Phi) is 6.05. The van der Waals surface area contributed by atoms with Gasteiger partial charge in [-0.2, -0.15) is 0 Å². The third-order valence-electron chi connectivity index (χ3n) is 3.14. The molecule has 0 aliphatic heterocycles. The van der Waals surface area contributed by atoms with Gasteiger partial charge in [-0.1, -0.05) is 54.2 Å². The maximum atomic E-state index is 12.2. The summed E-state index contributed by atoms with van der Waals surface area (Å²) in [5, 5.41) is 0.606. The smallest absolute Gasteiger partial charge is 0.233 e. The number of hydrogen-bond acceptors (Lipinski definition) is 4. The summed E-state index contributed by atoms with van der Waals surface area (Å²) in [6.07, 6.45) is 5.15. The lowest BCUT2D eigenvalue weighted by atomic mass is 10.2. The molecule has 0 fully saturated rings. The molecule has 1 heterocycles. The van der Waals surface area contributed by atoms with Crippen LogP contribution in [0, 0.1) is 0 Å². The summed E-state index contributed by atoms with van der Waals surface area (Å²) in [5.41, 5.74) is 1.78. The summed E-state index contributed by atoms with van der Waals surface area (Å²) in [6.45, 7) is 8.32. The SMILES string of the molecule is C=CCN(CC=C)C(=O)CSc1nc(-c2ccccc2)cn1N. The van der Waals surface area contributed by atoms with E-state index in [-0.39, 0.29) is 11.7 Å². The van der Waals surface area contributed by atoms with Gasteiger partial charge < -0.3 is 10.7 Å². The molecule has 0 saturated carbocycles. The van der Waals surface area contributed by atoms with Crippen LogP contribution in [0.2, 0.25) is 0 Å². The third-order valence-corrected chi connectivity index (χ3v) is 4.10. The predicted octanol–water partition coefficient (Wildman–Crippen LogP) is 2.56. The number of carbonyl (C=O) groups excluding carboxylic acids is 1. The van der Waals surface area contributed by atoms with Crippen molar-refractivity contribution in [2.24, 2.45) is 0 Å². The van der Waals surface area contributed by atoms with Gasteiger partial charge in [0, 0.05) is 18.7 Å². The van der Waals surface area contributed by atoms with Gasteiger partial charge in [0.15, 0.2) is 5.16 Å². The number of rotatable bonds is 8. The average Bonchev–Trinajstić information content (AvgIpc) is 2.94. The monoisotopic (exact) mass is 328 g/mol. The summed E-state index contributed by atoms with van der Waals surface area (Å²) < 4.78 is 1.45. The molecule has 0 unspecified atom stereocenters. The second-order valence-electron chi connectivity index (χ2n) is 4.85. The molecular formula is C17H20N4OS. The molecule has 2 aromatic rings. The molecule has 120 valence electrons. The number of aromatic nitrogens is 2. The van der Waals surface area contributed by atoms with E-state index in [1.54, 1.807) is 23.2 Å². The van der Waals surface area contributed by atoms with E-state index in [0.29, 0.717) is 18.2 Å². The zero-order valence-electron chi connectivity index (χ0n) is 12.9. The van der Waals surface area contributed by atoms with E-state index in [0.717, 1.165) is 11.3 Å². The van der Waals surface area contributed by atoms with Gasteiger partial charge >= 0.3 is 0 Å². The fraction of sp³-hybridized carbons (Fsp3) is 0.176. The standard InChI is InChI=1S/C17H20N4OS/c1-3-10-20(11-4-2)16(22)13-23-17-19-15(12-21(17)18)14-8-6-5-7-9-14/h3-9,12H,1-2,10-11,13,18H2. The lowest BCUT2D eigenvalue weighted by Crippen LogP contribution is -2.32. The van der Waals surface area contributed by atoms with Crippen LogP contribution in [0.15, 0.2) is 67.0 Å². The molecule has 1 aromatic heterocycles. The van der Waals surface area contributed by atoms with Crippen LogP contribution in [0.3, 0.4) is 0 Å². The van der Waals surface area contributed by atoms with Crippen molar-refractivity contribution in [3.8, 4) is 11.3 Å². The van der Waals surface area contributed by atoms with Crippen LogP contribution < -0.4 is 5.84 Å². The molecule has 0 aliphatic rings. The van der Waals surface area contributed by atoms with Crippen LogP contribution >= 0.6 is 11.8 Å². The number of carbonyl (C=O) groups is 1. The first-order chi connectivity index (χ1) is 11.2. The normalized spacial score (nSPS) is 10.3.